The summed E-state index contributed by atoms with van der Waals surface area (Å²) in [5.41, 5.74) is -0.238. The summed E-state index contributed by atoms with van der Waals surface area (Å²) in [5.74, 6) is -0.0408. The Balaban J connectivity index is 2.16. The van der Waals surface area contributed by atoms with Crippen molar-refractivity contribution in [3.05, 3.63) is 0 Å². The molecule has 0 radical (unpaired) electrons. The first-order chi connectivity index (χ1) is 5.70. The topological polar surface area (TPSA) is 29.5 Å². The minimum atomic E-state index is -0.238. The number of piperidine rings is 1. The molecule has 3 heteroatoms. The molecule has 3 rings (SSSR count). The summed E-state index contributed by atoms with van der Waals surface area (Å²) in [7, 11) is 3.51. The molecule has 0 spiro atoms. The molecule has 3 nitrogen and oxygen atoms in total. The van der Waals surface area contributed by atoms with Gasteiger partial charge >= 0.3 is 5.97 Å². The van der Waals surface area contributed by atoms with Crippen LogP contribution < -0.4 is 0 Å². The number of likely N-dealkylation sites (N-methyl/N-ethyl adjacent to an activating group) is 1. The fraction of sp³-hybridized carbons (Fsp3) is 0.889. The molecule has 3 fully saturated rings. The van der Waals surface area contributed by atoms with Crippen LogP contribution in [0, 0.1) is 0 Å². The minimum Gasteiger partial charge on any atom is -0.468 e. The molecule has 0 aromatic rings. The van der Waals surface area contributed by atoms with Crippen LogP contribution in [0.4, 0.5) is 0 Å². The maximum absolute atomic E-state index is 11.5. The predicted octanol–water partition coefficient (Wildman–Crippen LogP) is 0.786. The second-order valence-electron chi connectivity index (χ2n) is 3.88. The zero-order valence-electron chi connectivity index (χ0n) is 7.67. The molecule has 2 bridgehead atoms. The molecular weight excluding hydrogens is 154 g/mol. The Bertz CT molecular complexity index is 213. The van der Waals surface area contributed by atoms with E-state index in [-0.39, 0.29) is 11.5 Å². The van der Waals surface area contributed by atoms with Crippen molar-refractivity contribution in [2.24, 2.45) is 0 Å². The van der Waals surface area contributed by atoms with Gasteiger partial charge in [-0.3, -0.25) is 9.69 Å². The van der Waals surface area contributed by atoms with Crippen molar-refractivity contribution in [1.82, 2.24) is 4.90 Å². The maximum Gasteiger partial charge on any atom is 0.326 e. The molecule has 2 saturated heterocycles. The van der Waals surface area contributed by atoms with Crippen LogP contribution in [0.5, 0.6) is 0 Å². The lowest BCUT2D eigenvalue weighted by Crippen LogP contribution is -2.70. The van der Waals surface area contributed by atoms with Crippen molar-refractivity contribution in [2.75, 3.05) is 14.2 Å². The van der Waals surface area contributed by atoms with E-state index in [4.69, 9.17) is 4.74 Å². The van der Waals surface area contributed by atoms with Crippen LogP contribution in [-0.4, -0.2) is 36.6 Å². The van der Waals surface area contributed by atoms with Crippen LogP contribution in [0.2, 0.25) is 0 Å². The van der Waals surface area contributed by atoms with E-state index in [1.807, 2.05) is 7.05 Å². The number of nitrogens with zero attached hydrogens (tertiary/aromatic N) is 1. The van der Waals surface area contributed by atoms with Gasteiger partial charge < -0.3 is 4.74 Å². The molecular formula is C9H15NO2. The average Bonchev–Trinajstić information content (AvgIpc) is 2.16. The third-order valence-corrected chi connectivity index (χ3v) is 3.49. The standard InChI is InChI=1S/C9H15NO2/c1-10-7-4-3-5-9(10,6-7)8(11)12-2/h7H,3-6H2,1-2H3. The van der Waals surface area contributed by atoms with E-state index >= 15 is 0 Å². The lowest BCUT2D eigenvalue weighted by molar-refractivity contribution is -0.178. The Morgan fingerprint density at radius 1 is 1.67 bits per heavy atom. The summed E-state index contributed by atoms with van der Waals surface area (Å²) in [6, 6.07) is 0.637. The van der Waals surface area contributed by atoms with Crippen molar-refractivity contribution in [3.63, 3.8) is 0 Å². The number of carbonyl (C=O) groups excluding carboxylic acids is 1. The SMILES string of the molecule is COC(=O)C12CCCC(C1)N2C. The highest BCUT2D eigenvalue weighted by molar-refractivity contribution is 5.82. The monoisotopic (exact) mass is 169 g/mol. The van der Waals surface area contributed by atoms with Crippen LogP contribution in [0.3, 0.4) is 0 Å². The molecule has 12 heavy (non-hydrogen) atoms. The summed E-state index contributed by atoms with van der Waals surface area (Å²) in [6.45, 7) is 0. The summed E-state index contributed by atoms with van der Waals surface area (Å²) < 4.78 is 4.82. The van der Waals surface area contributed by atoms with E-state index in [2.05, 4.69) is 4.90 Å². The largest absolute Gasteiger partial charge is 0.468 e. The number of rotatable bonds is 1. The molecule has 1 aliphatic carbocycles. The predicted molar refractivity (Wildman–Crippen MR) is 44.8 cm³/mol. The van der Waals surface area contributed by atoms with Gasteiger partial charge in [0.15, 0.2) is 0 Å². The van der Waals surface area contributed by atoms with Crippen LogP contribution in [0.15, 0.2) is 0 Å². The van der Waals surface area contributed by atoms with Crippen LogP contribution in [0.1, 0.15) is 25.7 Å². The fourth-order valence-electron chi connectivity index (χ4n) is 2.63. The van der Waals surface area contributed by atoms with Gasteiger partial charge in [0.2, 0.25) is 0 Å². The smallest absolute Gasteiger partial charge is 0.326 e. The zero-order valence-corrected chi connectivity index (χ0v) is 7.67. The van der Waals surface area contributed by atoms with Gasteiger partial charge in [0.25, 0.3) is 0 Å². The van der Waals surface area contributed by atoms with E-state index < -0.39 is 0 Å². The number of hydrogen-bond donors (Lipinski definition) is 0. The number of fused-ring (bicyclic) bond motifs is 2. The lowest BCUT2D eigenvalue weighted by Gasteiger charge is -2.58. The molecule has 2 unspecified atom stereocenters. The number of hydrogen-bond acceptors (Lipinski definition) is 3. The Labute approximate surface area is 72.7 Å². The van der Waals surface area contributed by atoms with Gasteiger partial charge in [-0.1, -0.05) is 0 Å². The van der Waals surface area contributed by atoms with Crippen LogP contribution in [-0.2, 0) is 9.53 Å². The van der Waals surface area contributed by atoms with Gasteiger partial charge in [0, 0.05) is 6.04 Å². The van der Waals surface area contributed by atoms with Gasteiger partial charge in [0.05, 0.1) is 7.11 Å². The molecule has 0 N–H and O–H groups in total. The third-order valence-electron chi connectivity index (χ3n) is 3.49. The summed E-state index contributed by atoms with van der Waals surface area (Å²) in [4.78, 5) is 13.7. The molecule has 0 aromatic heterocycles. The highest BCUT2D eigenvalue weighted by atomic mass is 16.5. The molecule has 0 amide bonds. The van der Waals surface area contributed by atoms with E-state index in [9.17, 15) is 4.79 Å². The van der Waals surface area contributed by atoms with E-state index in [1.54, 1.807) is 0 Å². The Morgan fingerprint density at radius 3 is 2.92 bits per heavy atom. The van der Waals surface area contributed by atoms with Crippen molar-refractivity contribution in [2.45, 2.75) is 37.3 Å². The van der Waals surface area contributed by atoms with Gasteiger partial charge in [0.1, 0.15) is 5.54 Å². The zero-order chi connectivity index (χ0) is 8.77. The number of carbonyl (C=O) groups is 1. The highest BCUT2D eigenvalue weighted by Gasteiger charge is 2.57. The maximum atomic E-state index is 11.5. The molecule has 0 aromatic carbocycles. The molecule has 3 aliphatic rings. The van der Waals surface area contributed by atoms with Crippen molar-refractivity contribution >= 4 is 5.97 Å². The first-order valence-corrected chi connectivity index (χ1v) is 4.52. The summed E-state index contributed by atoms with van der Waals surface area (Å²) >= 11 is 0. The Morgan fingerprint density at radius 2 is 2.42 bits per heavy atom. The van der Waals surface area contributed by atoms with E-state index in [0.717, 1.165) is 12.8 Å². The van der Waals surface area contributed by atoms with Crippen molar-refractivity contribution in [1.29, 1.82) is 0 Å². The first kappa shape index (κ1) is 8.05. The van der Waals surface area contributed by atoms with Gasteiger partial charge in [-0.2, -0.15) is 0 Å². The molecule has 2 aliphatic heterocycles. The van der Waals surface area contributed by atoms with Gasteiger partial charge in [-0.25, -0.2) is 0 Å². The molecule has 2 heterocycles. The summed E-state index contributed by atoms with van der Waals surface area (Å²) in [6.07, 6.45) is 4.40. The normalized spacial score (nSPS) is 40.3. The molecule has 1 saturated carbocycles. The number of esters is 1. The van der Waals surface area contributed by atoms with Crippen molar-refractivity contribution in [3.8, 4) is 0 Å². The number of ether oxygens (including phenoxy) is 1. The fourth-order valence-corrected chi connectivity index (χ4v) is 2.63. The summed E-state index contributed by atoms with van der Waals surface area (Å²) in [5, 5.41) is 0. The van der Waals surface area contributed by atoms with E-state index in [1.165, 1.54) is 20.0 Å². The molecule has 2 atom stereocenters. The number of methoxy groups -OCH3 is 1. The Hall–Kier alpha value is -0.570. The van der Waals surface area contributed by atoms with Crippen molar-refractivity contribution < 1.29 is 9.53 Å². The van der Waals surface area contributed by atoms with Gasteiger partial charge in [-0.15, -0.1) is 0 Å². The highest BCUT2D eigenvalue weighted by Crippen LogP contribution is 2.46. The quantitative estimate of drug-likeness (QED) is 0.543. The third kappa shape index (κ3) is 0.774. The van der Waals surface area contributed by atoms with Crippen LogP contribution >= 0.6 is 0 Å². The second kappa shape index (κ2) is 2.46. The Kier molecular flexibility index (Phi) is 1.65. The van der Waals surface area contributed by atoms with Gasteiger partial charge in [-0.05, 0) is 32.7 Å². The second-order valence-corrected chi connectivity index (χ2v) is 3.88. The average molecular weight is 169 g/mol. The lowest BCUT2D eigenvalue weighted by atomic mass is 9.68. The minimum absolute atomic E-state index is 0.0408. The first-order valence-electron chi connectivity index (χ1n) is 4.52. The van der Waals surface area contributed by atoms with Crippen LogP contribution in [0.25, 0.3) is 0 Å². The van der Waals surface area contributed by atoms with E-state index in [0.29, 0.717) is 6.04 Å². The molecule has 68 valence electrons.